The third kappa shape index (κ3) is 1.93. The van der Waals surface area contributed by atoms with Crippen LogP contribution >= 0.6 is 0 Å². The van der Waals surface area contributed by atoms with Crippen molar-refractivity contribution in [3.05, 3.63) is 0 Å². The molecule has 0 spiro atoms. The number of hydrogen-bond donors (Lipinski definition) is 3. The molecule has 2 rings (SSSR count). The van der Waals surface area contributed by atoms with E-state index in [1.807, 2.05) is 0 Å². The van der Waals surface area contributed by atoms with Crippen molar-refractivity contribution in [2.45, 2.75) is 37.5 Å². The molecule has 2 heterocycles. The Morgan fingerprint density at radius 2 is 2.14 bits per heavy atom. The zero-order chi connectivity index (χ0) is 9.97. The molecule has 0 saturated carbocycles. The molecular weight excluding hydrogens is 180 g/mol. The van der Waals surface area contributed by atoms with Crippen molar-refractivity contribution < 1.29 is 10.2 Å². The van der Waals surface area contributed by atoms with Gasteiger partial charge in [0, 0.05) is 25.2 Å². The van der Waals surface area contributed by atoms with Crippen molar-refractivity contribution >= 4 is 0 Å². The normalized spacial score (nSPS) is 40.3. The van der Waals surface area contributed by atoms with Crippen LogP contribution in [0.5, 0.6) is 0 Å². The van der Waals surface area contributed by atoms with Gasteiger partial charge in [-0.05, 0) is 19.4 Å². The summed E-state index contributed by atoms with van der Waals surface area (Å²) < 4.78 is 0. The average molecular weight is 200 g/mol. The third-order valence-electron chi connectivity index (χ3n) is 3.46. The zero-order valence-electron chi connectivity index (χ0n) is 8.52. The van der Waals surface area contributed by atoms with Crippen molar-refractivity contribution in [2.75, 3.05) is 26.2 Å². The van der Waals surface area contributed by atoms with Gasteiger partial charge in [-0.3, -0.25) is 4.90 Å². The van der Waals surface area contributed by atoms with Gasteiger partial charge in [-0.25, -0.2) is 0 Å². The van der Waals surface area contributed by atoms with E-state index in [1.165, 1.54) is 12.8 Å². The quantitative estimate of drug-likeness (QED) is 0.544. The summed E-state index contributed by atoms with van der Waals surface area (Å²) in [5, 5.41) is 22.2. The highest BCUT2D eigenvalue weighted by atomic mass is 16.3. The lowest BCUT2D eigenvalue weighted by molar-refractivity contribution is 0.0128. The Morgan fingerprint density at radius 1 is 1.29 bits per heavy atom. The van der Waals surface area contributed by atoms with Gasteiger partial charge < -0.3 is 15.5 Å². The Bertz CT molecular complexity index is 189. The Labute approximate surface area is 84.9 Å². The largest absolute Gasteiger partial charge is 0.395 e. The molecule has 0 aromatic rings. The highest BCUT2D eigenvalue weighted by molar-refractivity contribution is 4.92. The van der Waals surface area contributed by atoms with E-state index in [2.05, 4.69) is 10.2 Å². The van der Waals surface area contributed by atoms with Crippen LogP contribution in [0.15, 0.2) is 0 Å². The lowest BCUT2D eigenvalue weighted by atomic mass is 9.99. The summed E-state index contributed by atoms with van der Waals surface area (Å²) in [4.78, 5) is 2.29. The molecular formula is C10H20N2O2. The van der Waals surface area contributed by atoms with E-state index in [4.69, 9.17) is 0 Å². The van der Waals surface area contributed by atoms with Crippen LogP contribution in [0.3, 0.4) is 0 Å². The van der Waals surface area contributed by atoms with Crippen LogP contribution in [0.4, 0.5) is 0 Å². The molecule has 3 atom stereocenters. The first-order valence-electron chi connectivity index (χ1n) is 5.58. The van der Waals surface area contributed by atoms with E-state index in [0.717, 1.165) is 19.5 Å². The molecule has 3 N–H and O–H groups in total. The van der Waals surface area contributed by atoms with E-state index < -0.39 is 0 Å². The second-order valence-corrected chi connectivity index (χ2v) is 4.36. The fraction of sp³-hybridized carbons (Fsp3) is 1.00. The highest BCUT2D eigenvalue weighted by Crippen LogP contribution is 2.22. The number of piperidine rings is 1. The van der Waals surface area contributed by atoms with E-state index in [9.17, 15) is 10.2 Å². The number of aliphatic hydroxyl groups is 2. The SMILES string of the molecule is OC[C@@H]1CCCCN1[C@@H]1CNC[C@H]1O. The molecule has 0 amide bonds. The van der Waals surface area contributed by atoms with Crippen molar-refractivity contribution in [2.24, 2.45) is 0 Å². The van der Waals surface area contributed by atoms with Crippen LogP contribution in [0, 0.1) is 0 Å². The summed E-state index contributed by atoms with van der Waals surface area (Å²) in [5.74, 6) is 0. The van der Waals surface area contributed by atoms with Crippen LogP contribution in [-0.4, -0.2) is 59.5 Å². The fourth-order valence-corrected chi connectivity index (χ4v) is 2.64. The standard InChI is InChI=1S/C10H20N2O2/c13-7-8-3-1-2-4-12(8)9-5-11-6-10(9)14/h8-11,13-14H,1-7H2/t8-,9+,10+/m0/s1. The second-order valence-electron chi connectivity index (χ2n) is 4.36. The average Bonchev–Trinajstić information content (AvgIpc) is 2.64. The van der Waals surface area contributed by atoms with Crippen molar-refractivity contribution in [3.63, 3.8) is 0 Å². The van der Waals surface area contributed by atoms with E-state index >= 15 is 0 Å². The maximum absolute atomic E-state index is 9.77. The summed E-state index contributed by atoms with van der Waals surface area (Å²) in [5.41, 5.74) is 0. The topological polar surface area (TPSA) is 55.7 Å². The molecule has 0 bridgehead atoms. The number of nitrogens with zero attached hydrogens (tertiary/aromatic N) is 1. The minimum atomic E-state index is -0.262. The minimum absolute atomic E-state index is 0.215. The maximum Gasteiger partial charge on any atom is 0.0831 e. The van der Waals surface area contributed by atoms with Crippen molar-refractivity contribution in [3.8, 4) is 0 Å². The summed E-state index contributed by atoms with van der Waals surface area (Å²) in [6, 6.07) is 0.482. The summed E-state index contributed by atoms with van der Waals surface area (Å²) >= 11 is 0. The van der Waals surface area contributed by atoms with Gasteiger partial charge in [-0.2, -0.15) is 0 Å². The zero-order valence-corrected chi connectivity index (χ0v) is 8.52. The predicted molar refractivity (Wildman–Crippen MR) is 54.1 cm³/mol. The maximum atomic E-state index is 9.77. The Hall–Kier alpha value is -0.160. The molecule has 2 aliphatic heterocycles. The fourth-order valence-electron chi connectivity index (χ4n) is 2.64. The number of nitrogens with one attached hydrogen (secondary N) is 1. The smallest absolute Gasteiger partial charge is 0.0831 e. The Kier molecular flexibility index (Phi) is 3.38. The van der Waals surface area contributed by atoms with E-state index in [-0.39, 0.29) is 24.8 Å². The van der Waals surface area contributed by atoms with Crippen LogP contribution in [-0.2, 0) is 0 Å². The first-order valence-corrected chi connectivity index (χ1v) is 5.58. The van der Waals surface area contributed by atoms with Crippen LogP contribution in [0.25, 0.3) is 0 Å². The summed E-state index contributed by atoms with van der Waals surface area (Å²) in [7, 11) is 0. The molecule has 0 aliphatic carbocycles. The van der Waals surface area contributed by atoms with Crippen molar-refractivity contribution in [1.29, 1.82) is 0 Å². The summed E-state index contributed by atoms with van der Waals surface area (Å²) in [6.07, 6.45) is 3.21. The van der Waals surface area contributed by atoms with Gasteiger partial charge in [-0.15, -0.1) is 0 Å². The second kappa shape index (κ2) is 4.57. The monoisotopic (exact) mass is 200 g/mol. The molecule has 0 aromatic heterocycles. The van der Waals surface area contributed by atoms with Gasteiger partial charge >= 0.3 is 0 Å². The van der Waals surface area contributed by atoms with Crippen LogP contribution in [0.2, 0.25) is 0 Å². The lowest BCUT2D eigenvalue weighted by Gasteiger charge is -2.39. The summed E-state index contributed by atoms with van der Waals surface area (Å²) in [6.45, 7) is 2.80. The molecule has 0 radical (unpaired) electrons. The number of aliphatic hydroxyl groups excluding tert-OH is 2. The molecule has 0 unspecified atom stereocenters. The van der Waals surface area contributed by atoms with Gasteiger partial charge in [0.1, 0.15) is 0 Å². The highest BCUT2D eigenvalue weighted by Gasteiger charge is 2.35. The number of β-amino-alcohol motifs (C(OH)–C–C–N with tert-alkyl or cyclic N) is 1. The van der Waals surface area contributed by atoms with Crippen LogP contribution in [0.1, 0.15) is 19.3 Å². The molecule has 0 aromatic carbocycles. The molecule has 4 nitrogen and oxygen atoms in total. The molecule has 2 saturated heterocycles. The van der Waals surface area contributed by atoms with Gasteiger partial charge in [0.15, 0.2) is 0 Å². The third-order valence-corrected chi connectivity index (χ3v) is 3.46. The molecule has 2 fully saturated rings. The number of likely N-dealkylation sites (tertiary alicyclic amines) is 1. The molecule has 82 valence electrons. The van der Waals surface area contributed by atoms with Gasteiger partial charge in [0.05, 0.1) is 12.7 Å². The Balaban J connectivity index is 1.99. The Morgan fingerprint density at radius 3 is 2.79 bits per heavy atom. The van der Waals surface area contributed by atoms with Gasteiger partial charge in [0.25, 0.3) is 0 Å². The first kappa shape index (κ1) is 10.4. The van der Waals surface area contributed by atoms with Gasteiger partial charge in [-0.1, -0.05) is 6.42 Å². The number of rotatable bonds is 2. The molecule has 14 heavy (non-hydrogen) atoms. The van der Waals surface area contributed by atoms with Crippen molar-refractivity contribution in [1.82, 2.24) is 10.2 Å². The van der Waals surface area contributed by atoms with Crippen LogP contribution < -0.4 is 5.32 Å². The number of hydrogen-bond acceptors (Lipinski definition) is 4. The van der Waals surface area contributed by atoms with E-state index in [1.54, 1.807) is 0 Å². The first-order chi connectivity index (χ1) is 6.83. The minimum Gasteiger partial charge on any atom is -0.395 e. The predicted octanol–water partition coefficient (Wildman–Crippen LogP) is -0.834. The molecule has 4 heteroatoms. The lowest BCUT2D eigenvalue weighted by Crippen LogP contribution is -2.52. The van der Waals surface area contributed by atoms with E-state index in [0.29, 0.717) is 6.54 Å². The van der Waals surface area contributed by atoms with Gasteiger partial charge in [0.2, 0.25) is 0 Å². The molecule has 2 aliphatic rings.